The molecule has 1 aromatic heterocycles. The summed E-state index contributed by atoms with van der Waals surface area (Å²) in [6.45, 7) is 2.37. The summed E-state index contributed by atoms with van der Waals surface area (Å²) in [6.07, 6.45) is 1.71. The van der Waals surface area contributed by atoms with Gasteiger partial charge in [-0.25, -0.2) is 9.67 Å². The van der Waals surface area contributed by atoms with Crippen LogP contribution in [0.1, 0.15) is 24.1 Å². The van der Waals surface area contributed by atoms with Crippen LogP contribution in [0.4, 0.5) is 5.82 Å². The van der Waals surface area contributed by atoms with Crippen LogP contribution < -0.4 is 5.32 Å². The van der Waals surface area contributed by atoms with Crippen molar-refractivity contribution in [3.8, 4) is 0 Å². The van der Waals surface area contributed by atoms with Gasteiger partial charge in [0.2, 0.25) is 5.91 Å². The van der Waals surface area contributed by atoms with E-state index < -0.39 is 5.92 Å². The van der Waals surface area contributed by atoms with Crippen LogP contribution in [-0.4, -0.2) is 21.4 Å². The van der Waals surface area contributed by atoms with Gasteiger partial charge in [-0.05, 0) is 30.2 Å². The maximum Gasteiger partial charge on any atom is 0.231 e. The third kappa shape index (κ3) is 3.51. The molecule has 5 nitrogen and oxygen atoms in total. The van der Waals surface area contributed by atoms with Gasteiger partial charge in [0.05, 0.1) is 12.2 Å². The van der Waals surface area contributed by atoms with E-state index in [1.165, 1.54) is 0 Å². The molecule has 0 fully saturated rings. The van der Waals surface area contributed by atoms with Crippen LogP contribution >= 0.6 is 11.6 Å². The van der Waals surface area contributed by atoms with Gasteiger partial charge in [0, 0.05) is 23.3 Å². The van der Waals surface area contributed by atoms with Crippen molar-refractivity contribution in [2.45, 2.75) is 19.5 Å². The molecule has 2 aromatic carbocycles. The zero-order valence-electron chi connectivity index (χ0n) is 14.8. The molecule has 2 atom stereocenters. The number of amides is 1. The predicted octanol–water partition coefficient (Wildman–Crippen LogP) is 4.16. The van der Waals surface area contributed by atoms with E-state index in [-0.39, 0.29) is 11.9 Å². The zero-order chi connectivity index (χ0) is 18.8. The van der Waals surface area contributed by atoms with E-state index in [1.807, 2.05) is 72.3 Å². The number of hydrogen-bond acceptors (Lipinski definition) is 3. The summed E-state index contributed by atoms with van der Waals surface area (Å²) in [7, 11) is 0. The van der Waals surface area contributed by atoms with Crippen LogP contribution in [0.25, 0.3) is 0 Å². The Morgan fingerprint density at radius 2 is 1.85 bits per heavy atom. The summed E-state index contributed by atoms with van der Waals surface area (Å²) in [6, 6.07) is 19.0. The van der Waals surface area contributed by atoms with E-state index in [4.69, 9.17) is 11.6 Å². The highest BCUT2D eigenvalue weighted by Gasteiger charge is 2.37. The average Bonchev–Trinajstić information content (AvgIpc) is 3.14. The molecule has 2 heterocycles. The lowest BCUT2D eigenvalue weighted by molar-refractivity contribution is -0.124. The number of aliphatic imine (C=N–C) groups is 1. The molecule has 0 saturated carbocycles. The smallest absolute Gasteiger partial charge is 0.231 e. The van der Waals surface area contributed by atoms with E-state index in [0.29, 0.717) is 11.6 Å². The summed E-state index contributed by atoms with van der Waals surface area (Å²) in [5.74, 6) is 0.239. The van der Waals surface area contributed by atoms with E-state index in [9.17, 15) is 4.79 Å². The second-order valence-electron chi connectivity index (χ2n) is 6.56. The molecule has 0 bridgehead atoms. The van der Waals surface area contributed by atoms with Gasteiger partial charge in [-0.3, -0.25) is 4.79 Å². The molecule has 4 rings (SSSR count). The first kappa shape index (κ1) is 17.5. The molecule has 27 heavy (non-hydrogen) atoms. The Hall–Kier alpha value is -2.92. The standard InChI is InChI=1S/C21H19ClN4O/c1-14-19(21(27)23-13-15-5-3-2-4-6-15)20(16-7-9-17(22)10-8-16)26-18(25-14)11-12-24-26/h2-12,19-20H,13H2,1H3,(H,23,27). The Labute approximate surface area is 162 Å². The van der Waals surface area contributed by atoms with Crippen LogP contribution in [-0.2, 0) is 11.3 Å². The fourth-order valence-electron chi connectivity index (χ4n) is 3.45. The van der Waals surface area contributed by atoms with Crippen LogP contribution in [0.3, 0.4) is 0 Å². The highest BCUT2D eigenvalue weighted by molar-refractivity contribution is 6.30. The van der Waals surface area contributed by atoms with Crippen LogP contribution in [0.15, 0.2) is 71.9 Å². The molecule has 2 unspecified atom stereocenters. The number of fused-ring (bicyclic) bond motifs is 1. The van der Waals surface area contributed by atoms with Crippen molar-refractivity contribution in [2.24, 2.45) is 10.9 Å². The van der Waals surface area contributed by atoms with Gasteiger partial charge in [0.1, 0.15) is 5.92 Å². The first-order valence-corrected chi connectivity index (χ1v) is 9.17. The molecule has 1 N–H and O–H groups in total. The Morgan fingerprint density at radius 3 is 2.59 bits per heavy atom. The second kappa shape index (κ2) is 7.37. The first-order chi connectivity index (χ1) is 13.1. The molecule has 3 aromatic rings. The topological polar surface area (TPSA) is 59.3 Å². The largest absolute Gasteiger partial charge is 0.351 e. The number of benzene rings is 2. The number of aromatic nitrogens is 2. The summed E-state index contributed by atoms with van der Waals surface area (Å²) < 4.78 is 1.81. The zero-order valence-corrected chi connectivity index (χ0v) is 15.6. The molecular formula is C21H19ClN4O. The summed E-state index contributed by atoms with van der Waals surface area (Å²) in [4.78, 5) is 17.7. The van der Waals surface area contributed by atoms with Gasteiger partial charge >= 0.3 is 0 Å². The van der Waals surface area contributed by atoms with E-state index >= 15 is 0 Å². The molecule has 0 aliphatic carbocycles. The number of nitrogens with one attached hydrogen (secondary N) is 1. The highest BCUT2D eigenvalue weighted by Crippen LogP contribution is 2.36. The number of carbonyl (C=O) groups excluding carboxylic acids is 1. The molecule has 0 saturated heterocycles. The number of carbonyl (C=O) groups is 1. The lowest BCUT2D eigenvalue weighted by Gasteiger charge is -2.31. The molecule has 6 heteroatoms. The minimum Gasteiger partial charge on any atom is -0.351 e. The van der Waals surface area contributed by atoms with Gasteiger partial charge in [-0.1, -0.05) is 54.1 Å². The van der Waals surface area contributed by atoms with E-state index in [2.05, 4.69) is 15.4 Å². The van der Waals surface area contributed by atoms with Gasteiger partial charge in [-0.15, -0.1) is 0 Å². The van der Waals surface area contributed by atoms with E-state index in [0.717, 1.165) is 22.7 Å². The van der Waals surface area contributed by atoms with Crippen molar-refractivity contribution in [1.82, 2.24) is 15.1 Å². The summed E-state index contributed by atoms with van der Waals surface area (Å²) in [5, 5.41) is 8.12. The van der Waals surface area contributed by atoms with Crippen molar-refractivity contribution in [3.63, 3.8) is 0 Å². The summed E-state index contributed by atoms with van der Waals surface area (Å²) in [5.41, 5.74) is 2.80. The maximum absolute atomic E-state index is 13.1. The third-order valence-corrected chi connectivity index (χ3v) is 5.03. The quantitative estimate of drug-likeness (QED) is 0.740. The monoisotopic (exact) mass is 378 g/mol. The molecule has 1 amide bonds. The number of halogens is 1. The van der Waals surface area contributed by atoms with Crippen molar-refractivity contribution in [3.05, 3.63) is 83.0 Å². The number of hydrogen-bond donors (Lipinski definition) is 1. The number of rotatable bonds is 4. The lowest BCUT2D eigenvalue weighted by atomic mass is 9.87. The maximum atomic E-state index is 13.1. The van der Waals surface area contributed by atoms with Crippen LogP contribution in [0.5, 0.6) is 0 Å². The fourth-order valence-corrected chi connectivity index (χ4v) is 3.58. The normalized spacial score (nSPS) is 18.5. The molecule has 0 radical (unpaired) electrons. The summed E-state index contributed by atoms with van der Waals surface area (Å²) >= 11 is 6.05. The van der Waals surface area contributed by atoms with Crippen molar-refractivity contribution >= 4 is 29.0 Å². The van der Waals surface area contributed by atoms with Gasteiger partial charge in [-0.2, -0.15) is 5.10 Å². The molecule has 0 spiro atoms. The van der Waals surface area contributed by atoms with Crippen LogP contribution in [0, 0.1) is 5.92 Å². The predicted molar refractivity (Wildman–Crippen MR) is 106 cm³/mol. The second-order valence-corrected chi connectivity index (χ2v) is 7.00. The van der Waals surface area contributed by atoms with Crippen molar-refractivity contribution < 1.29 is 4.79 Å². The molecule has 136 valence electrons. The van der Waals surface area contributed by atoms with Gasteiger partial charge < -0.3 is 5.32 Å². The Morgan fingerprint density at radius 1 is 1.11 bits per heavy atom. The Balaban J connectivity index is 1.66. The first-order valence-electron chi connectivity index (χ1n) is 8.79. The van der Waals surface area contributed by atoms with E-state index in [1.54, 1.807) is 6.20 Å². The van der Waals surface area contributed by atoms with Gasteiger partial charge in [0.15, 0.2) is 5.82 Å². The minimum absolute atomic E-state index is 0.0683. The Bertz CT molecular complexity index is 979. The SMILES string of the molecule is CC1=Nc2ccnn2C(c2ccc(Cl)cc2)C1C(=O)NCc1ccccc1. The average molecular weight is 379 g/mol. The fraction of sp³-hybridized carbons (Fsp3) is 0.190. The highest BCUT2D eigenvalue weighted by atomic mass is 35.5. The minimum atomic E-state index is -0.442. The number of nitrogens with zero attached hydrogens (tertiary/aromatic N) is 3. The molecular weight excluding hydrogens is 360 g/mol. The van der Waals surface area contributed by atoms with Crippen LogP contribution in [0.2, 0.25) is 5.02 Å². The van der Waals surface area contributed by atoms with Gasteiger partial charge in [0.25, 0.3) is 0 Å². The van der Waals surface area contributed by atoms with Crippen molar-refractivity contribution in [2.75, 3.05) is 0 Å². The third-order valence-electron chi connectivity index (χ3n) is 4.77. The Kier molecular flexibility index (Phi) is 4.77. The molecule has 1 aliphatic heterocycles. The molecule has 1 aliphatic rings. The van der Waals surface area contributed by atoms with Crippen molar-refractivity contribution in [1.29, 1.82) is 0 Å². The lowest BCUT2D eigenvalue weighted by Crippen LogP contribution is -2.42.